The van der Waals surface area contributed by atoms with Crippen LogP contribution in [0.1, 0.15) is 21.0 Å². The Balaban J connectivity index is 1.96. The lowest BCUT2D eigenvalue weighted by Gasteiger charge is -2.14. The van der Waals surface area contributed by atoms with E-state index in [1.165, 1.54) is 23.0 Å². The van der Waals surface area contributed by atoms with E-state index in [1.807, 2.05) is 5.43 Å². The van der Waals surface area contributed by atoms with Gasteiger partial charge in [0.25, 0.3) is 11.8 Å². The van der Waals surface area contributed by atoms with Crippen molar-refractivity contribution in [1.82, 2.24) is 30.6 Å². The van der Waals surface area contributed by atoms with Crippen LogP contribution in [0.25, 0.3) is 5.82 Å². The SMILES string of the molecule is COC(=O)NNC(=O)c1nc(Cl)cc(Br)c1NC(=O)c1cc(Br)nn1-c1ncccc1Cl. The molecule has 0 unspecified atom stereocenters. The fourth-order valence-electron chi connectivity index (χ4n) is 2.37. The van der Waals surface area contributed by atoms with E-state index in [2.05, 4.69) is 62.4 Å². The van der Waals surface area contributed by atoms with Crippen molar-refractivity contribution in [3.05, 3.63) is 61.1 Å². The minimum absolute atomic E-state index is 0.0143. The second-order valence-electron chi connectivity index (χ2n) is 5.75. The quantitative estimate of drug-likeness (QED) is 0.303. The van der Waals surface area contributed by atoms with Crippen LogP contribution >= 0.6 is 55.1 Å². The Labute approximate surface area is 207 Å². The first-order valence-electron chi connectivity index (χ1n) is 8.39. The summed E-state index contributed by atoms with van der Waals surface area (Å²) in [5.74, 6) is -1.31. The highest BCUT2D eigenvalue weighted by molar-refractivity contribution is 9.10. The predicted molar refractivity (Wildman–Crippen MR) is 122 cm³/mol. The van der Waals surface area contributed by atoms with E-state index >= 15 is 0 Å². The molecule has 0 radical (unpaired) electrons. The van der Waals surface area contributed by atoms with Crippen molar-refractivity contribution >= 4 is 78.7 Å². The molecule has 3 heterocycles. The molecule has 3 N–H and O–H groups in total. The standard InChI is InChI=1S/C17H11Br2Cl2N7O4/c1-32-17(31)26-25-16(30)13-12(7(18)5-11(21)23-13)24-15(29)9-6-10(19)27-28(9)14-8(20)3-2-4-22-14/h2-6H,1H3,(H,24,29)(H,25,30)(H,26,31). The summed E-state index contributed by atoms with van der Waals surface area (Å²) in [6.07, 6.45) is 0.584. The maximum atomic E-state index is 13.1. The summed E-state index contributed by atoms with van der Waals surface area (Å²) in [5, 5.41) is 7.01. The second-order valence-corrected chi connectivity index (χ2v) is 8.21. The molecule has 11 nitrogen and oxygen atoms in total. The molecule has 0 aromatic carbocycles. The average molecular weight is 608 g/mol. The number of amides is 3. The van der Waals surface area contributed by atoms with Gasteiger partial charge in [0, 0.05) is 16.7 Å². The topological polar surface area (TPSA) is 140 Å². The van der Waals surface area contributed by atoms with Crippen molar-refractivity contribution in [2.45, 2.75) is 0 Å². The summed E-state index contributed by atoms with van der Waals surface area (Å²) in [6.45, 7) is 0. The normalized spacial score (nSPS) is 10.4. The van der Waals surface area contributed by atoms with Gasteiger partial charge in [0.2, 0.25) is 0 Å². The molecule has 3 amide bonds. The van der Waals surface area contributed by atoms with Gasteiger partial charge in [-0.15, -0.1) is 0 Å². The molecular weight excluding hydrogens is 597 g/mol. The molecule has 3 aromatic rings. The van der Waals surface area contributed by atoms with Crippen molar-refractivity contribution in [1.29, 1.82) is 0 Å². The third-order valence-corrected chi connectivity index (χ3v) is 5.21. The van der Waals surface area contributed by atoms with Gasteiger partial charge in [0.15, 0.2) is 11.5 Å². The number of ether oxygens (including phenoxy) is 1. The van der Waals surface area contributed by atoms with Crippen molar-refractivity contribution in [3.8, 4) is 5.82 Å². The number of hydrazine groups is 1. The highest BCUT2D eigenvalue weighted by Gasteiger charge is 2.24. The second kappa shape index (κ2) is 10.3. The number of hydrogen-bond donors (Lipinski definition) is 3. The maximum absolute atomic E-state index is 13.1. The Hall–Kier alpha value is -2.74. The molecule has 0 aliphatic heterocycles. The smallest absolute Gasteiger partial charge is 0.425 e. The summed E-state index contributed by atoms with van der Waals surface area (Å²) < 4.78 is 6.22. The zero-order valence-electron chi connectivity index (χ0n) is 15.8. The van der Waals surface area contributed by atoms with Crippen LogP contribution in [0.4, 0.5) is 10.5 Å². The Kier molecular flexibility index (Phi) is 7.66. The molecule has 15 heteroatoms. The molecule has 32 heavy (non-hydrogen) atoms. The van der Waals surface area contributed by atoms with E-state index < -0.39 is 17.9 Å². The van der Waals surface area contributed by atoms with E-state index in [0.29, 0.717) is 4.60 Å². The Morgan fingerprint density at radius 2 is 1.88 bits per heavy atom. The Morgan fingerprint density at radius 1 is 1.12 bits per heavy atom. The molecule has 0 atom stereocenters. The molecule has 0 spiro atoms. The molecule has 3 aromatic heterocycles. The van der Waals surface area contributed by atoms with Crippen molar-refractivity contribution in [2.75, 3.05) is 12.4 Å². The molecule has 0 fully saturated rings. The first-order chi connectivity index (χ1) is 15.2. The minimum atomic E-state index is -0.911. The van der Waals surface area contributed by atoms with E-state index in [4.69, 9.17) is 23.2 Å². The van der Waals surface area contributed by atoms with E-state index in [9.17, 15) is 14.4 Å². The number of pyridine rings is 2. The lowest BCUT2D eigenvalue weighted by atomic mass is 10.2. The largest absolute Gasteiger partial charge is 0.452 e. The number of halogens is 4. The predicted octanol–water partition coefficient (Wildman–Crippen LogP) is 3.75. The summed E-state index contributed by atoms with van der Waals surface area (Å²) in [5.41, 5.74) is 3.86. The summed E-state index contributed by atoms with van der Waals surface area (Å²) in [6, 6.07) is 6.05. The number of hydrogen-bond acceptors (Lipinski definition) is 7. The van der Waals surface area contributed by atoms with Gasteiger partial charge in [-0.3, -0.25) is 15.0 Å². The molecule has 3 rings (SSSR count). The van der Waals surface area contributed by atoms with Gasteiger partial charge in [0.05, 0.1) is 17.8 Å². The van der Waals surface area contributed by atoms with Crippen LogP contribution in [0.3, 0.4) is 0 Å². The number of carbonyl (C=O) groups excluding carboxylic acids is 3. The van der Waals surface area contributed by atoms with E-state index in [-0.39, 0.29) is 37.5 Å². The van der Waals surface area contributed by atoms with Crippen molar-refractivity contribution in [2.24, 2.45) is 0 Å². The molecule has 0 saturated carbocycles. The van der Waals surface area contributed by atoms with Crippen molar-refractivity contribution in [3.63, 3.8) is 0 Å². The molecule has 0 bridgehead atoms. The number of nitrogens with one attached hydrogen (secondary N) is 3. The van der Waals surface area contributed by atoms with Gasteiger partial charge < -0.3 is 10.1 Å². The highest BCUT2D eigenvalue weighted by atomic mass is 79.9. The lowest BCUT2D eigenvalue weighted by molar-refractivity contribution is 0.0916. The molecule has 0 saturated heterocycles. The van der Waals surface area contributed by atoms with Crippen molar-refractivity contribution < 1.29 is 19.1 Å². The monoisotopic (exact) mass is 605 g/mol. The first-order valence-corrected chi connectivity index (χ1v) is 10.7. The Bertz CT molecular complexity index is 1220. The van der Waals surface area contributed by atoms with Gasteiger partial charge >= 0.3 is 6.09 Å². The number of rotatable bonds is 4. The molecule has 166 valence electrons. The number of nitrogens with zero attached hydrogens (tertiary/aromatic N) is 4. The lowest BCUT2D eigenvalue weighted by Crippen LogP contribution is -2.42. The van der Waals surface area contributed by atoms with Crippen LogP contribution in [0.5, 0.6) is 0 Å². The summed E-state index contributed by atoms with van der Waals surface area (Å²) in [4.78, 5) is 44.9. The number of aromatic nitrogens is 4. The van der Waals surface area contributed by atoms with Crippen LogP contribution in [0, 0.1) is 0 Å². The van der Waals surface area contributed by atoms with Gasteiger partial charge in [-0.05, 0) is 50.1 Å². The zero-order chi connectivity index (χ0) is 23.4. The minimum Gasteiger partial charge on any atom is -0.452 e. The maximum Gasteiger partial charge on any atom is 0.425 e. The zero-order valence-corrected chi connectivity index (χ0v) is 20.5. The number of methoxy groups -OCH3 is 1. The average Bonchev–Trinajstić information content (AvgIpc) is 3.15. The molecule has 0 aliphatic rings. The van der Waals surface area contributed by atoms with Crippen LogP contribution in [0.15, 0.2) is 39.5 Å². The first kappa shape index (κ1) is 23.9. The molecular formula is C17H11Br2Cl2N7O4. The van der Waals surface area contributed by atoms with Gasteiger partial charge in [0.1, 0.15) is 15.5 Å². The summed E-state index contributed by atoms with van der Waals surface area (Å²) in [7, 11) is 1.12. The van der Waals surface area contributed by atoms with E-state index in [1.54, 1.807) is 12.1 Å². The van der Waals surface area contributed by atoms with Gasteiger partial charge in [-0.1, -0.05) is 23.2 Å². The fourth-order valence-corrected chi connectivity index (χ4v) is 3.78. The van der Waals surface area contributed by atoms with Crippen LogP contribution in [0.2, 0.25) is 10.2 Å². The highest BCUT2D eigenvalue weighted by Crippen LogP contribution is 2.29. The number of carbonyl (C=O) groups is 3. The van der Waals surface area contributed by atoms with Crippen LogP contribution in [-0.4, -0.2) is 44.8 Å². The van der Waals surface area contributed by atoms with Crippen LogP contribution in [-0.2, 0) is 4.74 Å². The van der Waals surface area contributed by atoms with Gasteiger partial charge in [-0.25, -0.2) is 24.9 Å². The number of anilines is 1. The molecule has 0 aliphatic carbocycles. The Morgan fingerprint density at radius 3 is 2.56 bits per heavy atom. The third kappa shape index (κ3) is 5.35. The van der Waals surface area contributed by atoms with E-state index in [0.717, 1.165) is 7.11 Å². The third-order valence-electron chi connectivity index (χ3n) is 3.71. The fraction of sp³-hybridized carbons (Fsp3) is 0.0588. The summed E-state index contributed by atoms with van der Waals surface area (Å²) >= 11 is 18.6. The van der Waals surface area contributed by atoms with Gasteiger partial charge in [-0.2, -0.15) is 5.10 Å². The van der Waals surface area contributed by atoms with Crippen LogP contribution < -0.4 is 16.2 Å².